The zero-order valence-electron chi connectivity index (χ0n) is 28.7. The summed E-state index contributed by atoms with van der Waals surface area (Å²) in [7, 11) is 0. The van der Waals surface area contributed by atoms with Gasteiger partial charge in [-0.05, 0) is 93.0 Å². The summed E-state index contributed by atoms with van der Waals surface area (Å²) in [6.07, 6.45) is 0. The van der Waals surface area contributed by atoms with Crippen molar-refractivity contribution in [3.05, 3.63) is 188 Å². The van der Waals surface area contributed by atoms with E-state index in [1.54, 1.807) is 0 Å². The van der Waals surface area contributed by atoms with Crippen LogP contribution in [0.3, 0.4) is 0 Å². The highest BCUT2D eigenvalue weighted by molar-refractivity contribution is 7.26. The Balaban J connectivity index is 1.10. The molecule has 0 saturated carbocycles. The number of rotatable bonds is 5. The van der Waals surface area contributed by atoms with Gasteiger partial charge in [0.05, 0.1) is 10.4 Å². The van der Waals surface area contributed by atoms with E-state index in [0.717, 1.165) is 39.0 Å². The van der Waals surface area contributed by atoms with Crippen LogP contribution in [0.25, 0.3) is 85.9 Å². The highest BCUT2D eigenvalue weighted by atomic mass is 32.1. The third kappa shape index (κ3) is 4.86. The van der Waals surface area contributed by atoms with Gasteiger partial charge in [-0.25, -0.2) is 0 Å². The minimum Gasteiger partial charge on any atom is -0.455 e. The van der Waals surface area contributed by atoms with Crippen LogP contribution in [-0.4, -0.2) is 0 Å². The van der Waals surface area contributed by atoms with Gasteiger partial charge in [-0.2, -0.15) is 0 Å². The Labute approximate surface area is 310 Å². The van der Waals surface area contributed by atoms with Crippen LogP contribution in [0.5, 0.6) is 0 Å². The lowest BCUT2D eigenvalue weighted by Crippen LogP contribution is -2.10. The normalized spacial score (nSPS) is 11.8. The second-order valence-corrected chi connectivity index (χ2v) is 14.7. The van der Waals surface area contributed by atoms with E-state index >= 15 is 0 Å². The monoisotopic (exact) mass is 693 g/mol. The van der Waals surface area contributed by atoms with Gasteiger partial charge in [0.2, 0.25) is 0 Å². The summed E-state index contributed by atoms with van der Waals surface area (Å²) < 4.78 is 9.12. The molecule has 0 unspecified atom stereocenters. The summed E-state index contributed by atoms with van der Waals surface area (Å²) in [5.74, 6) is 0. The largest absolute Gasteiger partial charge is 0.455 e. The van der Waals surface area contributed by atoms with Gasteiger partial charge in [0.25, 0.3) is 0 Å². The van der Waals surface area contributed by atoms with Gasteiger partial charge in [0.15, 0.2) is 0 Å². The lowest BCUT2D eigenvalue weighted by atomic mass is 10.0. The zero-order chi connectivity index (χ0) is 34.9. The molecule has 53 heavy (non-hydrogen) atoms. The van der Waals surface area contributed by atoms with Crippen LogP contribution in [0.15, 0.2) is 192 Å². The van der Waals surface area contributed by atoms with E-state index in [1.807, 2.05) is 11.3 Å². The van der Waals surface area contributed by atoms with Crippen molar-refractivity contribution >= 4 is 92.1 Å². The van der Waals surface area contributed by atoms with Crippen LogP contribution < -0.4 is 4.90 Å². The number of hydrogen-bond donors (Lipinski definition) is 0. The van der Waals surface area contributed by atoms with Crippen LogP contribution in [0, 0.1) is 0 Å². The van der Waals surface area contributed by atoms with Gasteiger partial charge in [0, 0.05) is 43.0 Å². The van der Waals surface area contributed by atoms with E-state index < -0.39 is 0 Å². The fourth-order valence-corrected chi connectivity index (χ4v) is 9.29. The van der Waals surface area contributed by atoms with Crippen molar-refractivity contribution in [2.45, 2.75) is 0 Å². The van der Waals surface area contributed by atoms with Crippen molar-refractivity contribution in [2.75, 3.05) is 4.90 Å². The first-order chi connectivity index (χ1) is 26.3. The van der Waals surface area contributed by atoms with E-state index in [2.05, 4.69) is 193 Å². The molecular formula is C50H31NOS. The third-order valence-electron chi connectivity index (χ3n) is 10.6. The number of thiophene rings is 1. The maximum atomic E-state index is 6.62. The highest BCUT2D eigenvalue weighted by Gasteiger charge is 2.21. The van der Waals surface area contributed by atoms with Gasteiger partial charge in [-0.15, -0.1) is 11.3 Å². The smallest absolute Gasteiger partial charge is 0.143 e. The molecule has 0 radical (unpaired) electrons. The Kier molecular flexibility index (Phi) is 6.76. The molecule has 0 bridgehead atoms. The molecule has 0 aliphatic rings. The SMILES string of the molecule is c1ccc(-c2ccc(N(c3ccc(-c4ccc5ccccc5c4)cc3)c3cccc4c3sc3ccc5oc6c7ccccc7ccc6c5c34)cc2)cc1. The Morgan fingerprint density at radius 1 is 0.396 bits per heavy atom. The minimum atomic E-state index is 0.923. The van der Waals surface area contributed by atoms with Crippen LogP contribution >= 0.6 is 11.3 Å². The Bertz CT molecular complexity index is 3150. The summed E-state index contributed by atoms with van der Waals surface area (Å²) in [6.45, 7) is 0. The summed E-state index contributed by atoms with van der Waals surface area (Å²) in [5, 5.41) is 9.67. The Hall–Kier alpha value is -6.68. The van der Waals surface area contributed by atoms with Gasteiger partial charge >= 0.3 is 0 Å². The quantitative estimate of drug-likeness (QED) is 0.178. The van der Waals surface area contributed by atoms with Crippen molar-refractivity contribution in [2.24, 2.45) is 0 Å². The molecule has 11 aromatic rings. The molecule has 11 rings (SSSR count). The van der Waals surface area contributed by atoms with Crippen LogP contribution in [0.1, 0.15) is 0 Å². The second kappa shape index (κ2) is 11.9. The molecule has 2 aromatic heterocycles. The molecule has 9 aromatic carbocycles. The van der Waals surface area contributed by atoms with E-state index in [0.29, 0.717) is 0 Å². The lowest BCUT2D eigenvalue weighted by molar-refractivity contribution is 0.673. The average Bonchev–Trinajstić information content (AvgIpc) is 3.81. The number of benzene rings is 9. The minimum absolute atomic E-state index is 0.923. The zero-order valence-corrected chi connectivity index (χ0v) is 29.5. The molecule has 0 saturated heterocycles. The lowest BCUT2D eigenvalue weighted by Gasteiger charge is -2.26. The van der Waals surface area contributed by atoms with E-state index in [-0.39, 0.29) is 0 Å². The standard InChI is InChI=1S/C50H31NOS/c1-2-9-32(10-3-1)34-19-24-39(25-20-34)51(40-26-21-35(22-27-40)38-18-17-33-11-4-5-13-37(33)31-38)44-16-8-15-43-48-46(53-50(43)44)30-29-45-47(48)42-28-23-36-12-6-7-14-41(36)49(42)52-45/h1-31H. The number of nitrogens with zero attached hydrogens (tertiary/aromatic N) is 1. The van der Waals surface area contributed by atoms with Crippen LogP contribution in [0.2, 0.25) is 0 Å². The maximum absolute atomic E-state index is 6.62. The molecule has 0 spiro atoms. The number of furan rings is 1. The Morgan fingerprint density at radius 2 is 1.02 bits per heavy atom. The summed E-state index contributed by atoms with van der Waals surface area (Å²) >= 11 is 1.85. The molecular weight excluding hydrogens is 663 g/mol. The number of anilines is 3. The third-order valence-corrected chi connectivity index (χ3v) is 11.8. The number of hydrogen-bond acceptors (Lipinski definition) is 3. The van der Waals surface area contributed by atoms with Gasteiger partial charge in [-0.3, -0.25) is 0 Å². The molecule has 0 aliphatic carbocycles. The molecule has 0 N–H and O–H groups in total. The fraction of sp³-hybridized carbons (Fsp3) is 0. The molecule has 2 nitrogen and oxygen atoms in total. The van der Waals surface area contributed by atoms with Crippen molar-refractivity contribution in [3.8, 4) is 22.3 Å². The topological polar surface area (TPSA) is 16.4 Å². The van der Waals surface area contributed by atoms with E-state index in [4.69, 9.17) is 4.42 Å². The molecule has 3 heteroatoms. The molecule has 2 heterocycles. The second-order valence-electron chi connectivity index (χ2n) is 13.7. The molecule has 0 amide bonds. The summed E-state index contributed by atoms with van der Waals surface area (Å²) in [5.41, 5.74) is 10.1. The summed E-state index contributed by atoms with van der Waals surface area (Å²) in [6, 6.07) is 67.9. The van der Waals surface area contributed by atoms with Crippen molar-refractivity contribution in [1.82, 2.24) is 0 Å². The molecule has 0 fully saturated rings. The molecule has 248 valence electrons. The average molecular weight is 694 g/mol. The van der Waals surface area contributed by atoms with Crippen molar-refractivity contribution < 1.29 is 4.42 Å². The van der Waals surface area contributed by atoms with Crippen LogP contribution in [0.4, 0.5) is 17.1 Å². The predicted molar refractivity (Wildman–Crippen MR) is 227 cm³/mol. The summed E-state index contributed by atoms with van der Waals surface area (Å²) in [4.78, 5) is 2.41. The first-order valence-electron chi connectivity index (χ1n) is 18.0. The first kappa shape index (κ1) is 30.0. The highest BCUT2D eigenvalue weighted by Crippen LogP contribution is 2.49. The van der Waals surface area contributed by atoms with E-state index in [1.165, 1.54) is 64.0 Å². The van der Waals surface area contributed by atoms with Crippen molar-refractivity contribution in [1.29, 1.82) is 0 Å². The number of fused-ring (bicyclic) bond motifs is 10. The molecule has 0 atom stereocenters. The maximum Gasteiger partial charge on any atom is 0.143 e. The Morgan fingerprint density at radius 3 is 1.81 bits per heavy atom. The van der Waals surface area contributed by atoms with Gasteiger partial charge in [0.1, 0.15) is 11.2 Å². The van der Waals surface area contributed by atoms with Gasteiger partial charge in [-0.1, -0.05) is 133 Å². The van der Waals surface area contributed by atoms with Crippen molar-refractivity contribution in [3.63, 3.8) is 0 Å². The molecule has 0 aliphatic heterocycles. The first-order valence-corrected chi connectivity index (χ1v) is 18.8. The van der Waals surface area contributed by atoms with Gasteiger partial charge < -0.3 is 9.32 Å². The van der Waals surface area contributed by atoms with E-state index in [9.17, 15) is 0 Å². The predicted octanol–water partition coefficient (Wildman–Crippen LogP) is 15.1. The fourth-order valence-electron chi connectivity index (χ4n) is 8.08. The van der Waals surface area contributed by atoms with Crippen LogP contribution in [-0.2, 0) is 0 Å².